The first-order valence-electron chi connectivity index (χ1n) is 9.08. The fourth-order valence-corrected chi connectivity index (χ4v) is 3.24. The molecule has 2 rings (SSSR count). The smallest absolute Gasteiger partial charge is 0.221 e. The third-order valence-electron chi connectivity index (χ3n) is 4.63. The van der Waals surface area contributed by atoms with E-state index in [4.69, 9.17) is 0 Å². The summed E-state index contributed by atoms with van der Waals surface area (Å²) in [5.41, 5.74) is 1.09. The van der Waals surface area contributed by atoms with Gasteiger partial charge in [0, 0.05) is 25.4 Å². The van der Waals surface area contributed by atoms with Crippen molar-refractivity contribution in [3.05, 3.63) is 30.1 Å². The van der Waals surface area contributed by atoms with Crippen LogP contribution in [0.5, 0.6) is 0 Å². The second-order valence-corrected chi connectivity index (χ2v) is 6.93. The van der Waals surface area contributed by atoms with Crippen LogP contribution in [0.4, 0.5) is 0 Å². The molecule has 1 amide bonds. The zero-order valence-electron chi connectivity index (χ0n) is 14.6. The van der Waals surface area contributed by atoms with Gasteiger partial charge in [-0.2, -0.15) is 0 Å². The van der Waals surface area contributed by atoms with Crippen LogP contribution in [0.2, 0.25) is 0 Å². The monoisotopic (exact) mass is 317 g/mol. The van der Waals surface area contributed by atoms with Crippen molar-refractivity contribution in [2.24, 2.45) is 5.92 Å². The van der Waals surface area contributed by atoms with Crippen molar-refractivity contribution in [3.63, 3.8) is 0 Å². The SMILES string of the molecule is CC(C)[C@@H](NC(=O)CCN1CCCCCCC1)c1cccnc1. The molecule has 1 aromatic rings. The Morgan fingerprint density at radius 2 is 1.91 bits per heavy atom. The van der Waals surface area contributed by atoms with Crippen LogP contribution in [0.25, 0.3) is 0 Å². The Morgan fingerprint density at radius 3 is 2.52 bits per heavy atom. The maximum Gasteiger partial charge on any atom is 0.221 e. The van der Waals surface area contributed by atoms with Crippen LogP contribution in [0.3, 0.4) is 0 Å². The molecule has 128 valence electrons. The summed E-state index contributed by atoms with van der Waals surface area (Å²) in [4.78, 5) is 19.0. The van der Waals surface area contributed by atoms with Crippen molar-refractivity contribution >= 4 is 5.91 Å². The van der Waals surface area contributed by atoms with Crippen molar-refractivity contribution in [1.29, 1.82) is 0 Å². The van der Waals surface area contributed by atoms with Gasteiger partial charge in [-0.15, -0.1) is 0 Å². The first kappa shape index (κ1) is 17.9. The van der Waals surface area contributed by atoms with Crippen LogP contribution in [0.1, 0.15) is 64.0 Å². The Hall–Kier alpha value is -1.42. The Labute approximate surface area is 140 Å². The average molecular weight is 317 g/mol. The summed E-state index contributed by atoms with van der Waals surface area (Å²) in [5.74, 6) is 0.500. The molecule has 1 aromatic heterocycles. The molecule has 4 heteroatoms. The van der Waals surface area contributed by atoms with E-state index >= 15 is 0 Å². The molecule has 0 spiro atoms. The van der Waals surface area contributed by atoms with Gasteiger partial charge in [-0.25, -0.2) is 0 Å². The lowest BCUT2D eigenvalue weighted by molar-refractivity contribution is -0.122. The van der Waals surface area contributed by atoms with Gasteiger partial charge >= 0.3 is 0 Å². The van der Waals surface area contributed by atoms with Crippen LogP contribution in [-0.4, -0.2) is 35.4 Å². The summed E-state index contributed by atoms with van der Waals surface area (Å²) in [6.45, 7) is 7.43. The first-order valence-corrected chi connectivity index (χ1v) is 9.08. The van der Waals surface area contributed by atoms with Crippen molar-refractivity contribution in [2.45, 2.75) is 58.4 Å². The number of nitrogens with zero attached hydrogens (tertiary/aromatic N) is 2. The molecule has 2 heterocycles. The maximum absolute atomic E-state index is 12.4. The van der Waals surface area contributed by atoms with Gasteiger partial charge in [-0.05, 0) is 43.5 Å². The number of likely N-dealkylation sites (tertiary alicyclic amines) is 1. The first-order chi connectivity index (χ1) is 11.2. The van der Waals surface area contributed by atoms with Gasteiger partial charge in [-0.3, -0.25) is 9.78 Å². The molecule has 0 aromatic carbocycles. The number of carbonyl (C=O) groups is 1. The number of nitrogens with one attached hydrogen (secondary N) is 1. The highest BCUT2D eigenvalue weighted by atomic mass is 16.1. The number of amides is 1. The average Bonchev–Trinajstić information content (AvgIpc) is 2.52. The largest absolute Gasteiger partial charge is 0.349 e. The molecule has 1 atom stereocenters. The highest BCUT2D eigenvalue weighted by Gasteiger charge is 2.19. The minimum absolute atomic E-state index is 0.0449. The van der Waals surface area contributed by atoms with Gasteiger partial charge in [0.05, 0.1) is 6.04 Å². The van der Waals surface area contributed by atoms with E-state index in [0.29, 0.717) is 12.3 Å². The third-order valence-corrected chi connectivity index (χ3v) is 4.63. The molecule has 0 bridgehead atoms. The molecular formula is C19H31N3O. The Bertz CT molecular complexity index is 453. The van der Waals surface area contributed by atoms with Gasteiger partial charge in [0.1, 0.15) is 0 Å². The molecule has 1 N–H and O–H groups in total. The Kier molecular flexibility index (Phi) is 7.53. The number of pyridine rings is 1. The van der Waals surface area contributed by atoms with E-state index in [0.717, 1.165) is 25.2 Å². The van der Waals surface area contributed by atoms with Gasteiger partial charge < -0.3 is 10.2 Å². The standard InChI is InChI=1S/C19H31N3O/c1-16(2)19(17-9-8-11-20-15-17)21-18(23)10-14-22-12-6-4-3-5-7-13-22/h8-9,11,15-16,19H,3-7,10,12-14H2,1-2H3,(H,21,23)/t19-/m1/s1. The quantitative estimate of drug-likeness (QED) is 0.872. The molecule has 0 unspecified atom stereocenters. The van der Waals surface area contributed by atoms with Crippen LogP contribution in [-0.2, 0) is 4.79 Å². The van der Waals surface area contributed by atoms with Crippen LogP contribution >= 0.6 is 0 Å². The van der Waals surface area contributed by atoms with Crippen LogP contribution in [0.15, 0.2) is 24.5 Å². The van der Waals surface area contributed by atoms with Crippen molar-refractivity contribution in [2.75, 3.05) is 19.6 Å². The van der Waals surface area contributed by atoms with Crippen LogP contribution in [0, 0.1) is 5.92 Å². The molecule has 0 radical (unpaired) electrons. The van der Waals surface area contributed by atoms with E-state index < -0.39 is 0 Å². The van der Waals surface area contributed by atoms with Crippen molar-refractivity contribution in [3.8, 4) is 0 Å². The normalized spacial score (nSPS) is 18.2. The highest BCUT2D eigenvalue weighted by Crippen LogP contribution is 2.20. The molecule has 1 fully saturated rings. The lowest BCUT2D eigenvalue weighted by Crippen LogP contribution is -2.35. The molecule has 0 saturated carbocycles. The summed E-state index contributed by atoms with van der Waals surface area (Å²) in [7, 11) is 0. The van der Waals surface area contributed by atoms with E-state index in [9.17, 15) is 4.79 Å². The fourth-order valence-electron chi connectivity index (χ4n) is 3.24. The number of hydrogen-bond donors (Lipinski definition) is 1. The highest BCUT2D eigenvalue weighted by molar-refractivity contribution is 5.76. The van der Waals surface area contributed by atoms with E-state index in [1.165, 1.54) is 32.1 Å². The van der Waals surface area contributed by atoms with E-state index in [-0.39, 0.29) is 11.9 Å². The zero-order chi connectivity index (χ0) is 16.5. The summed E-state index contributed by atoms with van der Waals surface area (Å²) >= 11 is 0. The maximum atomic E-state index is 12.4. The predicted molar refractivity (Wildman–Crippen MR) is 94.1 cm³/mol. The minimum Gasteiger partial charge on any atom is -0.349 e. The molecule has 23 heavy (non-hydrogen) atoms. The van der Waals surface area contributed by atoms with Gasteiger partial charge in [0.2, 0.25) is 5.91 Å². The van der Waals surface area contributed by atoms with E-state index in [1.54, 1.807) is 6.20 Å². The van der Waals surface area contributed by atoms with Gasteiger partial charge in [0.25, 0.3) is 0 Å². The molecule has 1 aliphatic rings. The Morgan fingerprint density at radius 1 is 1.22 bits per heavy atom. The molecule has 1 saturated heterocycles. The summed E-state index contributed by atoms with van der Waals surface area (Å²) in [6, 6.07) is 4.01. The summed E-state index contributed by atoms with van der Waals surface area (Å²) in [5, 5.41) is 3.19. The lowest BCUT2D eigenvalue weighted by atomic mass is 9.97. The number of carbonyl (C=O) groups excluding carboxylic acids is 1. The third kappa shape index (κ3) is 6.30. The van der Waals surface area contributed by atoms with Crippen molar-refractivity contribution < 1.29 is 4.79 Å². The molecule has 0 aliphatic carbocycles. The second-order valence-electron chi connectivity index (χ2n) is 6.93. The number of aromatic nitrogens is 1. The molecule has 4 nitrogen and oxygen atoms in total. The van der Waals surface area contributed by atoms with Gasteiger partial charge in [0.15, 0.2) is 0 Å². The topological polar surface area (TPSA) is 45.2 Å². The summed E-state index contributed by atoms with van der Waals surface area (Å²) < 4.78 is 0. The Balaban J connectivity index is 1.82. The minimum atomic E-state index is 0.0449. The van der Waals surface area contributed by atoms with Crippen LogP contribution < -0.4 is 5.32 Å². The summed E-state index contributed by atoms with van der Waals surface area (Å²) in [6.07, 6.45) is 10.8. The van der Waals surface area contributed by atoms with Gasteiger partial charge in [-0.1, -0.05) is 39.2 Å². The molecular weight excluding hydrogens is 286 g/mol. The lowest BCUT2D eigenvalue weighted by Gasteiger charge is -2.26. The van der Waals surface area contributed by atoms with Crippen molar-refractivity contribution in [1.82, 2.24) is 15.2 Å². The fraction of sp³-hybridized carbons (Fsp3) is 0.684. The number of hydrogen-bond acceptors (Lipinski definition) is 3. The van der Waals surface area contributed by atoms with E-state index in [1.807, 2.05) is 18.3 Å². The predicted octanol–water partition coefficient (Wildman–Crippen LogP) is 3.55. The van der Waals surface area contributed by atoms with E-state index in [2.05, 4.69) is 29.0 Å². The molecule has 1 aliphatic heterocycles. The second kappa shape index (κ2) is 9.66. The zero-order valence-corrected chi connectivity index (χ0v) is 14.6. The number of rotatable bonds is 6.